The molecule has 1 atom stereocenters. The van der Waals surface area contributed by atoms with Crippen molar-refractivity contribution in [2.24, 2.45) is 5.50 Å². The summed E-state index contributed by atoms with van der Waals surface area (Å²) in [6.45, 7) is 0. The standard InChI is InChI=1S/C6H6Cl3N2O3P/c1-13-15(10,12)14-6-4(8)2-3(7)5(9)11-6/h2H,1H3,(H2,10,12). The molecule has 0 aliphatic carbocycles. The van der Waals surface area contributed by atoms with E-state index in [2.05, 4.69) is 9.51 Å². The minimum Gasteiger partial charge on any atom is -0.393 e. The fraction of sp³-hybridized carbons (Fsp3) is 0.167. The SMILES string of the molecule is COP(N)(=O)Oc1nc(Cl)c(Cl)cc1Cl. The molecule has 0 amide bonds. The van der Waals surface area contributed by atoms with E-state index >= 15 is 0 Å². The lowest BCUT2D eigenvalue weighted by atomic mass is 10.5. The van der Waals surface area contributed by atoms with Gasteiger partial charge in [0.05, 0.1) is 5.02 Å². The van der Waals surface area contributed by atoms with Crippen LogP contribution < -0.4 is 10.0 Å². The van der Waals surface area contributed by atoms with Gasteiger partial charge in [0.25, 0.3) is 0 Å². The van der Waals surface area contributed by atoms with Crippen LogP contribution in [0.15, 0.2) is 6.07 Å². The summed E-state index contributed by atoms with van der Waals surface area (Å²) >= 11 is 16.9. The molecule has 9 heteroatoms. The topological polar surface area (TPSA) is 74.4 Å². The van der Waals surface area contributed by atoms with E-state index in [4.69, 9.17) is 44.8 Å². The minimum absolute atomic E-state index is 0.0344. The van der Waals surface area contributed by atoms with Crippen molar-refractivity contribution in [3.05, 3.63) is 21.3 Å². The highest BCUT2D eigenvalue weighted by Gasteiger charge is 2.21. The number of nitrogens with two attached hydrogens (primary N) is 1. The zero-order valence-electron chi connectivity index (χ0n) is 7.41. The van der Waals surface area contributed by atoms with Gasteiger partial charge in [-0.1, -0.05) is 34.8 Å². The van der Waals surface area contributed by atoms with E-state index in [0.29, 0.717) is 0 Å². The summed E-state index contributed by atoms with van der Waals surface area (Å²) in [6, 6.07) is 1.30. The molecule has 15 heavy (non-hydrogen) atoms. The number of hydrogen-bond donors (Lipinski definition) is 1. The molecule has 84 valence electrons. The number of pyridine rings is 1. The van der Waals surface area contributed by atoms with Crippen molar-refractivity contribution in [3.8, 4) is 5.88 Å². The third-order valence-corrected chi connectivity index (χ3v) is 3.20. The summed E-state index contributed by atoms with van der Waals surface area (Å²) in [5.74, 6) is -0.196. The van der Waals surface area contributed by atoms with Crippen LogP contribution in [-0.2, 0) is 9.09 Å². The molecule has 0 aromatic carbocycles. The quantitative estimate of drug-likeness (QED) is 0.684. The highest BCUT2D eigenvalue weighted by molar-refractivity contribution is 7.51. The van der Waals surface area contributed by atoms with Crippen LogP contribution >= 0.6 is 42.5 Å². The molecule has 0 radical (unpaired) electrons. The normalized spacial score (nSPS) is 14.7. The van der Waals surface area contributed by atoms with E-state index in [1.165, 1.54) is 6.07 Å². The number of nitrogens with zero attached hydrogens (tertiary/aromatic N) is 1. The average Bonchev–Trinajstić information content (AvgIpc) is 2.14. The molecular formula is C6H6Cl3N2O3P. The molecule has 0 bridgehead atoms. The van der Waals surface area contributed by atoms with Crippen molar-refractivity contribution in [3.63, 3.8) is 0 Å². The molecule has 0 fully saturated rings. The third-order valence-electron chi connectivity index (χ3n) is 1.32. The zero-order valence-corrected chi connectivity index (χ0v) is 10.6. The highest BCUT2D eigenvalue weighted by Crippen LogP contribution is 2.42. The first-order chi connectivity index (χ1) is 6.85. The van der Waals surface area contributed by atoms with Gasteiger partial charge in [-0.2, -0.15) is 4.98 Å². The lowest BCUT2D eigenvalue weighted by molar-refractivity contribution is 0.319. The van der Waals surface area contributed by atoms with Gasteiger partial charge in [0.1, 0.15) is 5.02 Å². The first-order valence-electron chi connectivity index (χ1n) is 3.51. The van der Waals surface area contributed by atoms with E-state index in [-0.39, 0.29) is 21.1 Å². The van der Waals surface area contributed by atoms with E-state index in [0.717, 1.165) is 7.11 Å². The van der Waals surface area contributed by atoms with Crippen molar-refractivity contribution in [1.82, 2.24) is 4.98 Å². The molecule has 2 N–H and O–H groups in total. The first-order valence-corrected chi connectivity index (χ1v) is 6.26. The van der Waals surface area contributed by atoms with E-state index < -0.39 is 7.75 Å². The predicted octanol–water partition coefficient (Wildman–Crippen LogP) is 3.13. The fourth-order valence-corrected chi connectivity index (χ4v) is 1.69. The summed E-state index contributed by atoms with van der Waals surface area (Å²) in [4.78, 5) is 3.65. The van der Waals surface area contributed by atoms with Crippen LogP contribution in [0.1, 0.15) is 0 Å². The fourth-order valence-electron chi connectivity index (χ4n) is 0.650. The van der Waals surface area contributed by atoms with Crippen LogP contribution in [0, 0.1) is 0 Å². The molecule has 0 saturated carbocycles. The molecule has 1 unspecified atom stereocenters. The molecule has 0 spiro atoms. The summed E-state index contributed by atoms with van der Waals surface area (Å²) in [6.07, 6.45) is 0. The zero-order chi connectivity index (χ0) is 11.6. The maximum Gasteiger partial charge on any atom is 0.457 e. The number of aromatic nitrogens is 1. The second-order valence-electron chi connectivity index (χ2n) is 2.36. The van der Waals surface area contributed by atoms with Gasteiger partial charge in [0.2, 0.25) is 5.88 Å². The maximum atomic E-state index is 11.3. The average molecular weight is 291 g/mol. The highest BCUT2D eigenvalue weighted by atomic mass is 35.5. The van der Waals surface area contributed by atoms with Crippen LogP contribution in [0.2, 0.25) is 15.2 Å². The largest absolute Gasteiger partial charge is 0.457 e. The summed E-state index contributed by atoms with van der Waals surface area (Å²) in [5, 5.41) is 0.151. The Bertz CT molecular complexity index is 428. The molecule has 0 aliphatic heterocycles. The molecule has 5 nitrogen and oxygen atoms in total. The minimum atomic E-state index is -3.71. The van der Waals surface area contributed by atoms with Gasteiger partial charge in [-0.05, 0) is 6.07 Å². The Balaban J connectivity index is 3.06. The van der Waals surface area contributed by atoms with Crippen LogP contribution in [0.25, 0.3) is 0 Å². The van der Waals surface area contributed by atoms with Gasteiger partial charge < -0.3 is 4.52 Å². The molecule has 0 saturated heterocycles. The van der Waals surface area contributed by atoms with Gasteiger partial charge in [0, 0.05) is 7.11 Å². The van der Waals surface area contributed by atoms with Crippen molar-refractivity contribution in [2.75, 3.05) is 7.11 Å². The molecule has 0 aliphatic rings. The monoisotopic (exact) mass is 290 g/mol. The van der Waals surface area contributed by atoms with Gasteiger partial charge >= 0.3 is 7.75 Å². The van der Waals surface area contributed by atoms with Crippen molar-refractivity contribution in [2.45, 2.75) is 0 Å². The maximum absolute atomic E-state index is 11.3. The van der Waals surface area contributed by atoms with Gasteiger partial charge in [-0.15, -0.1) is 0 Å². The van der Waals surface area contributed by atoms with Crippen LogP contribution in [0.3, 0.4) is 0 Å². The van der Waals surface area contributed by atoms with Gasteiger partial charge in [-0.25, -0.2) is 10.1 Å². The summed E-state index contributed by atoms with van der Waals surface area (Å²) < 4.78 is 20.4. The molecule has 1 heterocycles. The summed E-state index contributed by atoms with van der Waals surface area (Å²) in [7, 11) is -2.57. The molecule has 1 rings (SSSR count). The molecular weight excluding hydrogens is 285 g/mol. The lowest BCUT2D eigenvalue weighted by Gasteiger charge is -2.12. The number of hydrogen-bond acceptors (Lipinski definition) is 4. The number of halogens is 3. The predicted molar refractivity (Wildman–Crippen MR) is 58.7 cm³/mol. The molecule has 1 aromatic heterocycles. The Morgan fingerprint density at radius 2 is 2.00 bits per heavy atom. The van der Waals surface area contributed by atoms with Crippen molar-refractivity contribution < 1.29 is 13.6 Å². The van der Waals surface area contributed by atoms with Crippen molar-refractivity contribution in [1.29, 1.82) is 0 Å². The van der Waals surface area contributed by atoms with Crippen LogP contribution in [-0.4, -0.2) is 12.1 Å². The Kier molecular flexibility index (Phi) is 4.23. The lowest BCUT2D eigenvalue weighted by Crippen LogP contribution is -2.05. The Hall–Kier alpha value is -0.0300. The molecule has 1 aromatic rings. The smallest absolute Gasteiger partial charge is 0.393 e. The van der Waals surface area contributed by atoms with Gasteiger partial charge in [0.15, 0.2) is 5.15 Å². The van der Waals surface area contributed by atoms with E-state index in [1.807, 2.05) is 0 Å². The Morgan fingerprint density at radius 3 is 2.53 bits per heavy atom. The third kappa shape index (κ3) is 3.48. The van der Waals surface area contributed by atoms with E-state index in [9.17, 15) is 4.57 Å². The van der Waals surface area contributed by atoms with Crippen LogP contribution in [0.5, 0.6) is 5.88 Å². The second-order valence-corrected chi connectivity index (χ2v) is 5.16. The van der Waals surface area contributed by atoms with E-state index in [1.54, 1.807) is 0 Å². The number of rotatable bonds is 3. The Labute approximate surface area is 101 Å². The Morgan fingerprint density at radius 1 is 1.40 bits per heavy atom. The van der Waals surface area contributed by atoms with Gasteiger partial charge in [-0.3, -0.25) is 4.52 Å². The van der Waals surface area contributed by atoms with Crippen LogP contribution in [0.4, 0.5) is 0 Å². The van der Waals surface area contributed by atoms with Crippen molar-refractivity contribution >= 4 is 42.5 Å². The second kappa shape index (κ2) is 4.87. The first kappa shape index (κ1) is 13.0. The summed E-state index contributed by atoms with van der Waals surface area (Å²) in [5.41, 5.74) is 5.14.